The normalized spacial score (nSPS) is 12.2. The van der Waals surface area contributed by atoms with Gasteiger partial charge in [0.15, 0.2) is 0 Å². The summed E-state index contributed by atoms with van der Waals surface area (Å²) in [6.07, 6.45) is 0.511. The minimum atomic E-state index is -0.353. The van der Waals surface area contributed by atoms with Crippen LogP contribution in [0.3, 0.4) is 0 Å². The van der Waals surface area contributed by atoms with Crippen molar-refractivity contribution >= 4 is 27.5 Å². The lowest BCUT2D eigenvalue weighted by Crippen LogP contribution is -2.14. The lowest BCUT2D eigenvalue weighted by atomic mass is 9.99. The van der Waals surface area contributed by atoms with Gasteiger partial charge in [-0.3, -0.25) is 0 Å². The van der Waals surface area contributed by atoms with Crippen LogP contribution in [-0.2, 0) is 6.42 Å². The first-order valence-electron chi connectivity index (χ1n) is 6.04. The van der Waals surface area contributed by atoms with Crippen molar-refractivity contribution in [2.24, 2.45) is 5.73 Å². The summed E-state index contributed by atoms with van der Waals surface area (Å²) in [5.41, 5.74) is 7.91. The second-order valence-corrected chi connectivity index (χ2v) is 5.76. The quantitative estimate of drug-likeness (QED) is 0.874. The molecule has 2 N–H and O–H groups in total. The maximum Gasteiger partial charge on any atom is 0.124 e. The summed E-state index contributed by atoms with van der Waals surface area (Å²) < 4.78 is 19.3. The van der Waals surface area contributed by atoms with Crippen LogP contribution in [0.4, 0.5) is 4.39 Å². The van der Waals surface area contributed by atoms with E-state index in [0.29, 0.717) is 17.2 Å². The number of methoxy groups -OCH3 is 1. The van der Waals surface area contributed by atoms with Crippen molar-refractivity contribution in [2.45, 2.75) is 12.5 Å². The molecule has 2 aromatic carbocycles. The number of nitrogens with two attached hydrogens (primary N) is 1. The van der Waals surface area contributed by atoms with Gasteiger partial charge in [0.2, 0.25) is 0 Å². The molecule has 2 nitrogen and oxygen atoms in total. The van der Waals surface area contributed by atoms with E-state index >= 15 is 0 Å². The average molecular weight is 359 g/mol. The average Bonchev–Trinajstić information content (AvgIpc) is 2.41. The summed E-state index contributed by atoms with van der Waals surface area (Å²) in [4.78, 5) is 0. The van der Waals surface area contributed by atoms with E-state index in [4.69, 9.17) is 22.1 Å². The number of hydrogen-bond donors (Lipinski definition) is 1. The molecule has 0 fully saturated rings. The zero-order chi connectivity index (χ0) is 14.7. The van der Waals surface area contributed by atoms with E-state index in [-0.39, 0.29) is 11.9 Å². The summed E-state index contributed by atoms with van der Waals surface area (Å²) >= 11 is 9.41. The van der Waals surface area contributed by atoms with Crippen LogP contribution in [0.2, 0.25) is 5.02 Å². The molecule has 0 bridgehead atoms. The molecule has 20 heavy (non-hydrogen) atoms. The standard InChI is InChI=1S/C15H14BrClFNO/c1-20-15-7-10(16)3-5-12(15)14(19)6-9-2-4-11(18)8-13(9)17/h2-5,7-8,14H,6,19H2,1H3. The lowest BCUT2D eigenvalue weighted by molar-refractivity contribution is 0.405. The molecule has 106 valence electrons. The second kappa shape index (κ2) is 6.57. The summed E-state index contributed by atoms with van der Waals surface area (Å²) in [5.74, 6) is 0.360. The third-order valence-corrected chi connectivity index (χ3v) is 3.90. The fourth-order valence-corrected chi connectivity index (χ4v) is 2.61. The molecule has 0 saturated heterocycles. The van der Waals surface area contributed by atoms with Gasteiger partial charge in [0.1, 0.15) is 11.6 Å². The number of halogens is 3. The zero-order valence-electron chi connectivity index (χ0n) is 10.9. The van der Waals surface area contributed by atoms with Gasteiger partial charge in [-0.2, -0.15) is 0 Å². The van der Waals surface area contributed by atoms with Crippen molar-refractivity contribution in [2.75, 3.05) is 7.11 Å². The molecule has 2 aromatic rings. The molecule has 0 spiro atoms. The van der Waals surface area contributed by atoms with E-state index in [0.717, 1.165) is 15.6 Å². The fourth-order valence-electron chi connectivity index (χ4n) is 2.03. The Balaban J connectivity index is 2.25. The second-order valence-electron chi connectivity index (χ2n) is 4.43. The van der Waals surface area contributed by atoms with E-state index in [1.165, 1.54) is 12.1 Å². The molecule has 0 aromatic heterocycles. The van der Waals surface area contributed by atoms with Gasteiger partial charge in [-0.1, -0.05) is 39.7 Å². The Labute approximate surface area is 130 Å². The van der Waals surface area contributed by atoms with Crippen LogP contribution in [0.1, 0.15) is 17.2 Å². The van der Waals surface area contributed by atoms with Gasteiger partial charge >= 0.3 is 0 Å². The number of rotatable bonds is 4. The van der Waals surface area contributed by atoms with E-state index in [2.05, 4.69) is 15.9 Å². The van der Waals surface area contributed by atoms with Gasteiger partial charge in [-0.15, -0.1) is 0 Å². The van der Waals surface area contributed by atoms with Crippen molar-refractivity contribution in [1.82, 2.24) is 0 Å². The molecule has 0 aliphatic rings. The number of hydrogen-bond acceptors (Lipinski definition) is 2. The third-order valence-electron chi connectivity index (χ3n) is 3.05. The SMILES string of the molecule is COc1cc(Br)ccc1C(N)Cc1ccc(F)cc1Cl. The van der Waals surface area contributed by atoms with E-state index in [1.807, 2.05) is 18.2 Å². The first-order valence-corrected chi connectivity index (χ1v) is 7.21. The Morgan fingerprint density at radius 3 is 2.70 bits per heavy atom. The largest absolute Gasteiger partial charge is 0.496 e. The van der Waals surface area contributed by atoms with Crippen LogP contribution in [0.15, 0.2) is 40.9 Å². The molecular weight excluding hydrogens is 345 g/mol. The van der Waals surface area contributed by atoms with Crippen LogP contribution in [0.5, 0.6) is 5.75 Å². The minimum absolute atomic E-state index is 0.277. The zero-order valence-corrected chi connectivity index (χ0v) is 13.2. The summed E-state index contributed by atoms with van der Waals surface area (Å²) in [7, 11) is 1.60. The Morgan fingerprint density at radius 2 is 2.05 bits per heavy atom. The van der Waals surface area contributed by atoms with Gasteiger partial charge < -0.3 is 10.5 Å². The van der Waals surface area contributed by atoms with Crippen LogP contribution in [0.25, 0.3) is 0 Å². The third kappa shape index (κ3) is 3.51. The molecule has 1 unspecified atom stereocenters. The highest BCUT2D eigenvalue weighted by molar-refractivity contribution is 9.10. The monoisotopic (exact) mass is 357 g/mol. The first-order chi connectivity index (χ1) is 9.51. The van der Waals surface area contributed by atoms with Crippen LogP contribution >= 0.6 is 27.5 Å². The van der Waals surface area contributed by atoms with Crippen molar-refractivity contribution in [1.29, 1.82) is 0 Å². The molecular formula is C15H14BrClFNO. The van der Waals surface area contributed by atoms with Gasteiger partial charge in [0.05, 0.1) is 7.11 Å². The van der Waals surface area contributed by atoms with Crippen LogP contribution in [0, 0.1) is 5.82 Å². The molecule has 0 saturated carbocycles. The summed E-state index contributed by atoms with van der Waals surface area (Å²) in [6.45, 7) is 0. The van der Waals surface area contributed by atoms with Gasteiger partial charge in [-0.25, -0.2) is 4.39 Å². The number of benzene rings is 2. The van der Waals surface area contributed by atoms with Crippen LogP contribution < -0.4 is 10.5 Å². The van der Waals surface area contributed by atoms with E-state index in [1.54, 1.807) is 13.2 Å². The molecule has 2 rings (SSSR count). The highest BCUT2D eigenvalue weighted by Gasteiger charge is 2.14. The van der Waals surface area contributed by atoms with Gasteiger partial charge in [0.25, 0.3) is 0 Å². The Hall–Kier alpha value is -1.10. The first kappa shape index (κ1) is 15.3. The Morgan fingerprint density at radius 1 is 1.30 bits per heavy atom. The molecule has 0 radical (unpaired) electrons. The molecule has 0 heterocycles. The topological polar surface area (TPSA) is 35.2 Å². The molecule has 1 atom stereocenters. The highest BCUT2D eigenvalue weighted by atomic mass is 79.9. The fraction of sp³-hybridized carbons (Fsp3) is 0.200. The van der Waals surface area contributed by atoms with E-state index in [9.17, 15) is 4.39 Å². The maximum atomic E-state index is 13.0. The summed E-state index contributed by atoms with van der Waals surface area (Å²) in [5, 5.41) is 0.386. The lowest BCUT2D eigenvalue weighted by Gasteiger charge is -2.17. The molecule has 0 amide bonds. The minimum Gasteiger partial charge on any atom is -0.496 e. The predicted molar refractivity (Wildman–Crippen MR) is 82.7 cm³/mol. The highest BCUT2D eigenvalue weighted by Crippen LogP contribution is 2.30. The van der Waals surface area contributed by atoms with Crippen molar-refractivity contribution < 1.29 is 9.13 Å². The molecule has 5 heteroatoms. The van der Waals surface area contributed by atoms with Crippen molar-refractivity contribution in [3.63, 3.8) is 0 Å². The predicted octanol–water partition coefficient (Wildman–Crippen LogP) is 4.49. The van der Waals surface area contributed by atoms with Crippen molar-refractivity contribution in [3.8, 4) is 5.75 Å². The number of ether oxygens (including phenoxy) is 1. The smallest absolute Gasteiger partial charge is 0.124 e. The van der Waals surface area contributed by atoms with Gasteiger partial charge in [0, 0.05) is 21.1 Å². The maximum absolute atomic E-state index is 13.0. The van der Waals surface area contributed by atoms with Gasteiger partial charge in [-0.05, 0) is 36.2 Å². The molecule has 0 aliphatic carbocycles. The van der Waals surface area contributed by atoms with E-state index < -0.39 is 0 Å². The summed E-state index contributed by atoms with van der Waals surface area (Å²) in [6, 6.07) is 9.73. The molecule has 0 aliphatic heterocycles. The Bertz CT molecular complexity index is 621. The van der Waals surface area contributed by atoms with Crippen molar-refractivity contribution in [3.05, 3.63) is 62.8 Å². The Kier molecular flexibility index (Phi) is 5.02. The van der Waals surface area contributed by atoms with Crippen LogP contribution in [-0.4, -0.2) is 7.11 Å².